The lowest BCUT2D eigenvalue weighted by molar-refractivity contribution is -0.149. The van der Waals surface area contributed by atoms with E-state index in [-0.39, 0.29) is 17.9 Å². The number of hydrogen-bond acceptors (Lipinski definition) is 2. The molecule has 3 heteroatoms. The number of rotatable bonds is 1. The second-order valence-electron chi connectivity index (χ2n) is 5.78. The summed E-state index contributed by atoms with van der Waals surface area (Å²) >= 11 is 0. The molecule has 18 heavy (non-hydrogen) atoms. The highest BCUT2D eigenvalue weighted by Gasteiger charge is 2.40. The molecule has 0 bridgehead atoms. The van der Waals surface area contributed by atoms with Crippen molar-refractivity contribution in [1.29, 1.82) is 0 Å². The van der Waals surface area contributed by atoms with E-state index in [2.05, 4.69) is 0 Å². The fourth-order valence-electron chi connectivity index (χ4n) is 2.29. The van der Waals surface area contributed by atoms with Crippen LogP contribution in [-0.4, -0.2) is 16.7 Å². The molecule has 1 heterocycles. The minimum absolute atomic E-state index is 0.0521. The molecule has 0 N–H and O–H groups in total. The molecule has 1 aliphatic heterocycles. The minimum atomic E-state index is -0.521. The molecule has 0 aromatic heterocycles. The normalized spacial score (nSPS) is 20.3. The number of likely N-dealkylation sites (tertiary alicyclic amines) is 1. The van der Waals surface area contributed by atoms with Gasteiger partial charge in [-0.1, -0.05) is 51.1 Å². The molecular formula is C15H19NO2. The molecule has 0 saturated carbocycles. The van der Waals surface area contributed by atoms with Crippen molar-refractivity contribution in [3.05, 3.63) is 35.9 Å². The predicted molar refractivity (Wildman–Crippen MR) is 69.7 cm³/mol. The lowest BCUT2D eigenvalue weighted by Gasteiger charge is -2.29. The number of benzene rings is 1. The highest BCUT2D eigenvalue weighted by Crippen LogP contribution is 2.35. The Morgan fingerprint density at radius 1 is 1.22 bits per heavy atom. The first-order valence-corrected chi connectivity index (χ1v) is 6.32. The Morgan fingerprint density at radius 2 is 1.83 bits per heavy atom. The first-order chi connectivity index (χ1) is 8.41. The van der Waals surface area contributed by atoms with E-state index in [4.69, 9.17) is 0 Å². The van der Waals surface area contributed by atoms with Crippen LogP contribution >= 0.6 is 0 Å². The number of carbonyl (C=O) groups excluding carboxylic acids is 2. The average Bonchev–Trinajstić information content (AvgIpc) is 2.70. The van der Waals surface area contributed by atoms with E-state index >= 15 is 0 Å². The smallest absolute Gasteiger partial charge is 0.235 e. The van der Waals surface area contributed by atoms with Gasteiger partial charge in [-0.25, -0.2) is 0 Å². The quantitative estimate of drug-likeness (QED) is 0.763. The van der Waals surface area contributed by atoms with Gasteiger partial charge in [-0.2, -0.15) is 0 Å². The second-order valence-corrected chi connectivity index (χ2v) is 5.78. The van der Waals surface area contributed by atoms with Crippen LogP contribution in [0.3, 0.4) is 0 Å². The SMILES string of the molecule is CC(C)(C)C(=O)N1C(=O)CCC1c1ccccc1. The molecular weight excluding hydrogens is 226 g/mol. The molecule has 0 spiro atoms. The van der Waals surface area contributed by atoms with Crippen molar-refractivity contribution < 1.29 is 9.59 Å². The molecule has 1 atom stereocenters. The van der Waals surface area contributed by atoms with E-state index in [1.807, 2.05) is 51.1 Å². The van der Waals surface area contributed by atoms with Gasteiger partial charge in [-0.15, -0.1) is 0 Å². The largest absolute Gasteiger partial charge is 0.275 e. The fourth-order valence-corrected chi connectivity index (χ4v) is 2.29. The van der Waals surface area contributed by atoms with Crippen molar-refractivity contribution in [3.8, 4) is 0 Å². The van der Waals surface area contributed by atoms with E-state index < -0.39 is 5.41 Å². The summed E-state index contributed by atoms with van der Waals surface area (Å²) in [7, 11) is 0. The van der Waals surface area contributed by atoms with Crippen LogP contribution in [0.15, 0.2) is 30.3 Å². The van der Waals surface area contributed by atoms with Gasteiger partial charge in [0.25, 0.3) is 0 Å². The first kappa shape index (κ1) is 12.8. The summed E-state index contributed by atoms with van der Waals surface area (Å²) in [4.78, 5) is 25.8. The number of carbonyl (C=O) groups is 2. The van der Waals surface area contributed by atoms with Crippen LogP contribution in [0.2, 0.25) is 0 Å². The Bertz CT molecular complexity index is 459. The molecule has 0 aliphatic carbocycles. The summed E-state index contributed by atoms with van der Waals surface area (Å²) in [5.41, 5.74) is 0.522. The fraction of sp³-hybridized carbons (Fsp3) is 0.467. The van der Waals surface area contributed by atoms with Crippen LogP contribution < -0.4 is 0 Å². The van der Waals surface area contributed by atoms with Gasteiger partial charge in [0.1, 0.15) is 0 Å². The lowest BCUT2D eigenvalue weighted by atomic mass is 9.93. The van der Waals surface area contributed by atoms with E-state index in [0.717, 1.165) is 12.0 Å². The van der Waals surface area contributed by atoms with E-state index in [1.54, 1.807) is 0 Å². The molecule has 1 aliphatic rings. The maximum atomic E-state index is 12.4. The van der Waals surface area contributed by atoms with Gasteiger partial charge >= 0.3 is 0 Å². The van der Waals surface area contributed by atoms with Crippen LogP contribution in [0.4, 0.5) is 0 Å². The Labute approximate surface area is 108 Å². The summed E-state index contributed by atoms with van der Waals surface area (Å²) in [6.07, 6.45) is 1.19. The van der Waals surface area contributed by atoms with Gasteiger partial charge in [0, 0.05) is 11.8 Å². The Balaban J connectivity index is 2.32. The summed E-state index contributed by atoms with van der Waals surface area (Å²) in [5.74, 6) is -0.136. The van der Waals surface area contributed by atoms with Crippen molar-refractivity contribution in [2.24, 2.45) is 5.41 Å². The standard InChI is InChI=1S/C15H19NO2/c1-15(2,3)14(18)16-12(9-10-13(16)17)11-7-5-4-6-8-11/h4-8,12H,9-10H2,1-3H3. The summed E-state index contributed by atoms with van der Waals surface area (Å²) < 4.78 is 0. The van der Waals surface area contributed by atoms with E-state index in [9.17, 15) is 9.59 Å². The molecule has 1 fully saturated rings. The molecule has 1 unspecified atom stereocenters. The van der Waals surface area contributed by atoms with Crippen LogP contribution in [0.5, 0.6) is 0 Å². The highest BCUT2D eigenvalue weighted by atomic mass is 16.2. The maximum Gasteiger partial charge on any atom is 0.235 e. The van der Waals surface area contributed by atoms with Crippen molar-refractivity contribution in [2.75, 3.05) is 0 Å². The van der Waals surface area contributed by atoms with Gasteiger partial charge < -0.3 is 0 Å². The van der Waals surface area contributed by atoms with Crippen LogP contribution in [0, 0.1) is 5.41 Å². The third kappa shape index (κ3) is 2.30. The van der Waals surface area contributed by atoms with Gasteiger partial charge in [0.15, 0.2) is 0 Å². The van der Waals surface area contributed by atoms with Crippen molar-refractivity contribution in [1.82, 2.24) is 4.90 Å². The summed E-state index contributed by atoms with van der Waals surface area (Å²) in [5, 5.41) is 0. The van der Waals surface area contributed by atoms with Gasteiger partial charge in [-0.05, 0) is 12.0 Å². The van der Waals surface area contributed by atoms with Crippen molar-refractivity contribution in [2.45, 2.75) is 39.7 Å². The zero-order valence-corrected chi connectivity index (χ0v) is 11.1. The lowest BCUT2D eigenvalue weighted by Crippen LogP contribution is -2.41. The summed E-state index contributed by atoms with van der Waals surface area (Å²) in [6.45, 7) is 5.55. The topological polar surface area (TPSA) is 37.4 Å². The molecule has 96 valence electrons. The molecule has 3 nitrogen and oxygen atoms in total. The zero-order chi connectivity index (χ0) is 13.3. The molecule has 1 aromatic rings. The predicted octanol–water partition coefficient (Wildman–Crippen LogP) is 2.92. The highest BCUT2D eigenvalue weighted by molar-refractivity contribution is 5.99. The number of amides is 2. The Kier molecular flexibility index (Phi) is 3.24. The molecule has 1 aromatic carbocycles. The van der Waals surface area contributed by atoms with Crippen molar-refractivity contribution in [3.63, 3.8) is 0 Å². The van der Waals surface area contributed by atoms with Crippen LogP contribution in [0.25, 0.3) is 0 Å². The van der Waals surface area contributed by atoms with Crippen LogP contribution in [-0.2, 0) is 9.59 Å². The molecule has 1 saturated heterocycles. The van der Waals surface area contributed by atoms with Gasteiger partial charge in [0.05, 0.1) is 6.04 Å². The van der Waals surface area contributed by atoms with Gasteiger partial charge in [-0.3, -0.25) is 14.5 Å². The van der Waals surface area contributed by atoms with Crippen molar-refractivity contribution >= 4 is 11.8 Å². The zero-order valence-electron chi connectivity index (χ0n) is 11.1. The first-order valence-electron chi connectivity index (χ1n) is 6.32. The molecule has 2 amide bonds. The molecule has 2 rings (SSSR count). The number of nitrogens with zero attached hydrogens (tertiary/aromatic N) is 1. The number of imide groups is 1. The maximum absolute atomic E-state index is 12.4. The number of hydrogen-bond donors (Lipinski definition) is 0. The molecule has 0 radical (unpaired) electrons. The Hall–Kier alpha value is -1.64. The Morgan fingerprint density at radius 3 is 2.39 bits per heavy atom. The van der Waals surface area contributed by atoms with E-state index in [0.29, 0.717) is 6.42 Å². The monoisotopic (exact) mass is 245 g/mol. The van der Waals surface area contributed by atoms with Gasteiger partial charge in [0.2, 0.25) is 11.8 Å². The third-order valence-electron chi connectivity index (χ3n) is 3.26. The average molecular weight is 245 g/mol. The summed E-state index contributed by atoms with van der Waals surface area (Å²) in [6, 6.07) is 9.69. The van der Waals surface area contributed by atoms with Crippen LogP contribution in [0.1, 0.15) is 45.2 Å². The third-order valence-corrected chi connectivity index (χ3v) is 3.26. The van der Waals surface area contributed by atoms with E-state index in [1.165, 1.54) is 4.90 Å². The minimum Gasteiger partial charge on any atom is -0.275 e. The second kappa shape index (κ2) is 4.56.